The van der Waals surface area contributed by atoms with Gasteiger partial charge in [-0.25, -0.2) is 4.85 Å². The Morgan fingerprint density at radius 1 is 1.69 bits per heavy atom. The van der Waals surface area contributed by atoms with Crippen molar-refractivity contribution >= 4 is 5.97 Å². The third-order valence-electron chi connectivity index (χ3n) is 3.57. The molecule has 5 N–H and O–H groups in total. The Labute approximate surface area is 91.8 Å². The van der Waals surface area contributed by atoms with Gasteiger partial charge in [0.25, 0.3) is 0 Å². The lowest BCUT2D eigenvalue weighted by Gasteiger charge is -2.23. The molecule has 0 bridgehead atoms. The van der Waals surface area contributed by atoms with Crippen molar-refractivity contribution in [2.75, 3.05) is 0 Å². The highest BCUT2D eigenvalue weighted by molar-refractivity contribution is 5.82. The van der Waals surface area contributed by atoms with Gasteiger partial charge in [-0.15, -0.1) is 0 Å². The predicted octanol–water partition coefficient (Wildman–Crippen LogP) is -0.852. The molecule has 16 heavy (non-hydrogen) atoms. The molecule has 6 nitrogen and oxygen atoms in total. The molecule has 0 heterocycles. The van der Waals surface area contributed by atoms with E-state index in [0.29, 0.717) is 5.57 Å². The van der Waals surface area contributed by atoms with Gasteiger partial charge in [0, 0.05) is 11.8 Å². The Kier molecular flexibility index (Phi) is 2.27. The zero-order chi connectivity index (χ0) is 12.1. The molecule has 0 aromatic carbocycles. The minimum absolute atomic E-state index is 0.114. The van der Waals surface area contributed by atoms with Gasteiger partial charge >= 0.3 is 5.97 Å². The fourth-order valence-electron chi connectivity index (χ4n) is 2.85. The van der Waals surface area contributed by atoms with Crippen molar-refractivity contribution in [2.45, 2.75) is 18.2 Å². The minimum atomic E-state index is -1.58. The standard InChI is InChI=1S/C10H12N2O4/c1-12-3-4-2-10(11,9(15)16)7-5(4)6(7)8(13)14/h3,5-8,13-14H,2,11H2,(H,15,16). The average Bonchev–Trinajstić information content (AvgIpc) is 2.85. The Balaban J connectivity index is 2.33. The second-order valence-electron chi connectivity index (χ2n) is 4.40. The van der Waals surface area contributed by atoms with Gasteiger partial charge in [0.05, 0.1) is 6.57 Å². The van der Waals surface area contributed by atoms with Crippen LogP contribution in [-0.2, 0) is 4.79 Å². The first-order valence-corrected chi connectivity index (χ1v) is 4.87. The van der Waals surface area contributed by atoms with Gasteiger partial charge in [-0.2, -0.15) is 0 Å². The van der Waals surface area contributed by atoms with Crippen LogP contribution in [0.2, 0.25) is 0 Å². The zero-order valence-electron chi connectivity index (χ0n) is 8.37. The molecule has 86 valence electrons. The third kappa shape index (κ3) is 1.26. The van der Waals surface area contributed by atoms with E-state index in [1.54, 1.807) is 0 Å². The number of carboxylic acids is 1. The highest BCUT2D eigenvalue weighted by Crippen LogP contribution is 2.64. The smallest absolute Gasteiger partial charge is 0.324 e. The van der Waals surface area contributed by atoms with Crippen LogP contribution in [0.5, 0.6) is 0 Å². The molecule has 0 aromatic rings. The summed E-state index contributed by atoms with van der Waals surface area (Å²) in [7, 11) is 0. The number of hydrogen-bond donors (Lipinski definition) is 4. The summed E-state index contributed by atoms with van der Waals surface area (Å²) >= 11 is 0. The molecule has 0 amide bonds. The van der Waals surface area contributed by atoms with E-state index < -0.39 is 29.6 Å². The predicted molar refractivity (Wildman–Crippen MR) is 52.6 cm³/mol. The minimum Gasteiger partial charge on any atom is -0.480 e. The molecule has 2 saturated carbocycles. The first-order chi connectivity index (χ1) is 7.43. The second-order valence-corrected chi connectivity index (χ2v) is 4.40. The van der Waals surface area contributed by atoms with Gasteiger partial charge in [-0.3, -0.25) is 4.79 Å². The number of aliphatic hydroxyl groups excluding tert-OH is 1. The number of nitrogens with zero attached hydrogens (tertiary/aromatic N) is 1. The quantitative estimate of drug-likeness (QED) is 0.361. The van der Waals surface area contributed by atoms with E-state index in [4.69, 9.17) is 27.6 Å². The Morgan fingerprint density at radius 2 is 2.31 bits per heavy atom. The van der Waals surface area contributed by atoms with Crippen molar-refractivity contribution < 1.29 is 20.1 Å². The molecule has 4 atom stereocenters. The number of hydrogen-bond acceptors (Lipinski definition) is 4. The summed E-state index contributed by atoms with van der Waals surface area (Å²) in [5, 5.41) is 27.3. The number of carboxylic acid groups (broad SMARTS) is 1. The zero-order valence-corrected chi connectivity index (χ0v) is 8.37. The van der Waals surface area contributed by atoms with Crippen LogP contribution >= 0.6 is 0 Å². The highest BCUT2D eigenvalue weighted by atomic mass is 16.5. The van der Waals surface area contributed by atoms with E-state index in [1.807, 2.05) is 0 Å². The lowest BCUT2D eigenvalue weighted by Crippen LogP contribution is -2.49. The summed E-state index contributed by atoms with van der Waals surface area (Å²) in [5.41, 5.74) is 4.92. The lowest BCUT2D eigenvalue weighted by molar-refractivity contribution is -0.144. The topological polar surface area (TPSA) is 108 Å². The number of nitrogens with two attached hydrogens (primary N) is 1. The van der Waals surface area contributed by atoms with Crippen molar-refractivity contribution in [1.29, 1.82) is 0 Å². The first-order valence-electron chi connectivity index (χ1n) is 4.87. The molecule has 0 aromatic heterocycles. The van der Waals surface area contributed by atoms with E-state index in [2.05, 4.69) is 4.85 Å². The fourth-order valence-corrected chi connectivity index (χ4v) is 2.85. The second kappa shape index (κ2) is 3.28. The van der Waals surface area contributed by atoms with Gasteiger partial charge in [-0.1, -0.05) is 5.57 Å². The van der Waals surface area contributed by atoms with Crippen molar-refractivity contribution in [2.24, 2.45) is 23.5 Å². The Bertz CT molecular complexity index is 412. The van der Waals surface area contributed by atoms with Crippen molar-refractivity contribution in [3.63, 3.8) is 0 Å². The van der Waals surface area contributed by atoms with Gasteiger partial charge in [-0.05, 0) is 12.3 Å². The van der Waals surface area contributed by atoms with E-state index in [9.17, 15) is 4.79 Å². The molecular formula is C10H12N2O4. The van der Waals surface area contributed by atoms with Gasteiger partial charge in [0.1, 0.15) is 5.54 Å². The van der Waals surface area contributed by atoms with Crippen LogP contribution in [0.1, 0.15) is 6.42 Å². The van der Waals surface area contributed by atoms with Crippen molar-refractivity contribution in [1.82, 2.24) is 0 Å². The maximum atomic E-state index is 11.1. The Hall–Kier alpha value is -1.42. The molecular weight excluding hydrogens is 212 g/mol. The van der Waals surface area contributed by atoms with Crippen molar-refractivity contribution in [3.8, 4) is 0 Å². The SMILES string of the molecule is [C-]#[N+]C=C1CC(N)(C(=O)O)C2C1C2C(O)O. The van der Waals surface area contributed by atoms with Crippen LogP contribution in [-0.4, -0.2) is 33.1 Å². The number of rotatable bonds is 2. The molecule has 2 rings (SSSR count). The summed E-state index contributed by atoms with van der Waals surface area (Å²) in [5.74, 6) is -2.45. The number of aliphatic hydroxyl groups is 2. The molecule has 0 spiro atoms. The van der Waals surface area contributed by atoms with E-state index in [0.717, 1.165) is 0 Å². The van der Waals surface area contributed by atoms with Gasteiger partial charge in [0.2, 0.25) is 0 Å². The summed E-state index contributed by atoms with van der Waals surface area (Å²) in [6, 6.07) is 0. The summed E-state index contributed by atoms with van der Waals surface area (Å²) in [6.45, 7) is 6.72. The Morgan fingerprint density at radius 3 is 2.75 bits per heavy atom. The highest BCUT2D eigenvalue weighted by Gasteiger charge is 2.70. The molecule has 0 saturated heterocycles. The molecule has 0 aliphatic heterocycles. The monoisotopic (exact) mass is 224 g/mol. The van der Waals surface area contributed by atoms with E-state index >= 15 is 0 Å². The van der Waals surface area contributed by atoms with Crippen LogP contribution in [0.3, 0.4) is 0 Å². The maximum Gasteiger partial charge on any atom is 0.324 e. The van der Waals surface area contributed by atoms with Crippen molar-refractivity contribution in [3.05, 3.63) is 23.2 Å². The van der Waals surface area contributed by atoms with Crippen LogP contribution in [0.4, 0.5) is 0 Å². The molecule has 0 radical (unpaired) electrons. The maximum absolute atomic E-state index is 11.1. The van der Waals surface area contributed by atoms with Gasteiger partial charge < -0.3 is 21.1 Å². The fraction of sp³-hybridized carbons (Fsp3) is 0.600. The number of fused-ring (bicyclic) bond motifs is 1. The molecule has 2 fully saturated rings. The summed E-state index contributed by atoms with van der Waals surface area (Å²) in [6.07, 6.45) is -0.215. The molecule has 2 aliphatic carbocycles. The largest absolute Gasteiger partial charge is 0.480 e. The molecule has 6 heteroatoms. The van der Waals surface area contributed by atoms with Crippen LogP contribution < -0.4 is 5.73 Å². The number of carbonyl (C=O) groups is 1. The molecule has 4 unspecified atom stereocenters. The van der Waals surface area contributed by atoms with Gasteiger partial charge in [0.15, 0.2) is 12.5 Å². The summed E-state index contributed by atoms with van der Waals surface area (Å²) < 4.78 is 0. The number of aliphatic carboxylic acids is 1. The van der Waals surface area contributed by atoms with E-state index in [-0.39, 0.29) is 12.3 Å². The van der Waals surface area contributed by atoms with Crippen LogP contribution in [0.25, 0.3) is 4.85 Å². The van der Waals surface area contributed by atoms with Crippen LogP contribution in [0.15, 0.2) is 11.8 Å². The lowest BCUT2D eigenvalue weighted by atomic mass is 9.90. The third-order valence-corrected chi connectivity index (χ3v) is 3.57. The first kappa shape index (κ1) is 11.1. The molecule has 2 aliphatic rings. The summed E-state index contributed by atoms with van der Waals surface area (Å²) in [4.78, 5) is 14.2. The normalized spacial score (nSPS) is 43.2. The van der Waals surface area contributed by atoms with E-state index in [1.165, 1.54) is 6.20 Å². The van der Waals surface area contributed by atoms with Crippen LogP contribution in [0, 0.1) is 24.3 Å². The average molecular weight is 224 g/mol.